The predicted octanol–water partition coefficient (Wildman–Crippen LogP) is 1.30. The van der Waals surface area contributed by atoms with Gasteiger partial charge in [0.15, 0.2) is 5.65 Å². The Hall–Kier alpha value is -4.02. The van der Waals surface area contributed by atoms with E-state index in [1.54, 1.807) is 24.3 Å². The highest BCUT2D eigenvalue weighted by Gasteiger charge is 2.51. The van der Waals surface area contributed by atoms with Crippen LogP contribution in [0.1, 0.15) is 32.1 Å². The molecule has 1 saturated heterocycles. The van der Waals surface area contributed by atoms with Gasteiger partial charge in [0.05, 0.1) is 23.9 Å². The number of H-pyrrole nitrogens is 1. The van der Waals surface area contributed by atoms with Gasteiger partial charge < -0.3 is 15.6 Å². The molecule has 2 aliphatic rings. The van der Waals surface area contributed by atoms with Crippen molar-refractivity contribution in [1.82, 2.24) is 30.0 Å². The van der Waals surface area contributed by atoms with E-state index in [1.807, 2.05) is 0 Å². The number of anilines is 1. The SMILES string of the molecule is O=C(CN1C(=O)NC2(CCCCC2)C1=O)Nc1ccccc1-n1ncc2c(=O)[nH]cnc21. The zero-order valence-electron chi connectivity index (χ0n) is 17.1. The Bertz CT molecular complexity index is 1290. The molecule has 3 aromatic rings. The number of para-hydroxylation sites is 2. The Morgan fingerprint density at radius 3 is 2.72 bits per heavy atom. The molecule has 2 aromatic heterocycles. The predicted molar refractivity (Wildman–Crippen MR) is 114 cm³/mol. The largest absolute Gasteiger partial charge is 0.325 e. The van der Waals surface area contributed by atoms with Gasteiger partial charge in [-0.25, -0.2) is 14.5 Å². The maximum Gasteiger partial charge on any atom is 0.325 e. The Balaban J connectivity index is 1.38. The number of benzene rings is 1. The number of hydrogen-bond donors (Lipinski definition) is 3. The van der Waals surface area contributed by atoms with Crippen molar-refractivity contribution >= 4 is 34.6 Å². The summed E-state index contributed by atoms with van der Waals surface area (Å²) in [5.41, 5.74) is 0.0425. The number of aromatic nitrogens is 4. The van der Waals surface area contributed by atoms with E-state index in [0.29, 0.717) is 35.2 Å². The van der Waals surface area contributed by atoms with Crippen LogP contribution in [0.4, 0.5) is 10.5 Å². The lowest BCUT2D eigenvalue weighted by Crippen LogP contribution is -2.48. The van der Waals surface area contributed by atoms with Crippen molar-refractivity contribution in [3.8, 4) is 5.69 Å². The molecule has 0 radical (unpaired) electrons. The molecule has 5 rings (SSSR count). The van der Waals surface area contributed by atoms with E-state index in [4.69, 9.17) is 0 Å². The van der Waals surface area contributed by atoms with Crippen LogP contribution >= 0.6 is 0 Å². The number of nitrogens with zero attached hydrogens (tertiary/aromatic N) is 4. The van der Waals surface area contributed by atoms with Gasteiger partial charge in [-0.05, 0) is 25.0 Å². The lowest BCUT2D eigenvalue weighted by molar-refractivity contribution is -0.134. The van der Waals surface area contributed by atoms with Crippen LogP contribution in [0.25, 0.3) is 16.7 Å². The van der Waals surface area contributed by atoms with E-state index in [-0.39, 0.29) is 11.5 Å². The average Bonchev–Trinajstić information content (AvgIpc) is 3.31. The van der Waals surface area contributed by atoms with Gasteiger partial charge in [0.1, 0.15) is 17.5 Å². The fourth-order valence-corrected chi connectivity index (χ4v) is 4.44. The summed E-state index contributed by atoms with van der Waals surface area (Å²) >= 11 is 0. The topological polar surface area (TPSA) is 142 Å². The molecule has 164 valence electrons. The first-order chi connectivity index (χ1) is 15.5. The van der Waals surface area contributed by atoms with Gasteiger partial charge in [0.2, 0.25) is 5.91 Å². The summed E-state index contributed by atoms with van der Waals surface area (Å²) in [6.07, 6.45) is 6.64. The van der Waals surface area contributed by atoms with Crippen molar-refractivity contribution in [2.75, 3.05) is 11.9 Å². The molecule has 2 fully saturated rings. The summed E-state index contributed by atoms with van der Waals surface area (Å²) in [6, 6.07) is 6.34. The molecule has 32 heavy (non-hydrogen) atoms. The third-order valence-corrected chi connectivity index (χ3v) is 6.03. The van der Waals surface area contributed by atoms with Crippen molar-refractivity contribution in [3.63, 3.8) is 0 Å². The Morgan fingerprint density at radius 2 is 1.91 bits per heavy atom. The molecule has 0 unspecified atom stereocenters. The van der Waals surface area contributed by atoms with Crippen LogP contribution in [-0.2, 0) is 9.59 Å². The van der Waals surface area contributed by atoms with E-state index >= 15 is 0 Å². The molecule has 1 spiro atoms. The number of aromatic amines is 1. The summed E-state index contributed by atoms with van der Waals surface area (Å²) in [6.45, 7) is -0.390. The second-order valence-electron chi connectivity index (χ2n) is 8.05. The molecule has 0 bridgehead atoms. The van der Waals surface area contributed by atoms with Gasteiger partial charge in [-0.1, -0.05) is 31.4 Å². The fraction of sp³-hybridized carbons (Fsp3) is 0.333. The molecule has 4 amide bonds. The molecular formula is C21H21N7O4. The number of urea groups is 1. The zero-order chi connectivity index (χ0) is 22.3. The summed E-state index contributed by atoms with van der Waals surface area (Å²) in [7, 11) is 0. The first-order valence-electron chi connectivity index (χ1n) is 10.4. The van der Waals surface area contributed by atoms with E-state index in [1.165, 1.54) is 17.2 Å². The van der Waals surface area contributed by atoms with Gasteiger partial charge >= 0.3 is 6.03 Å². The Labute approximate surface area is 181 Å². The van der Waals surface area contributed by atoms with Gasteiger partial charge in [0.25, 0.3) is 11.5 Å². The molecule has 1 aromatic carbocycles. The van der Waals surface area contributed by atoms with E-state index in [0.717, 1.165) is 24.2 Å². The van der Waals surface area contributed by atoms with Gasteiger partial charge in [0, 0.05) is 0 Å². The summed E-state index contributed by atoms with van der Waals surface area (Å²) in [4.78, 5) is 57.8. The standard InChI is InChI=1S/C21H21N7O4/c29-16(11-27-19(31)21(26-20(27)32)8-4-1-5-9-21)25-14-6-2-3-7-15(14)28-17-13(10-24-28)18(30)23-12-22-17/h2-3,6-7,10,12H,1,4-5,8-9,11H2,(H,25,29)(H,26,32)(H,22,23,30). The molecular weight excluding hydrogens is 414 g/mol. The van der Waals surface area contributed by atoms with Crippen molar-refractivity contribution in [2.45, 2.75) is 37.6 Å². The van der Waals surface area contributed by atoms with Crippen LogP contribution in [0.15, 0.2) is 41.6 Å². The highest BCUT2D eigenvalue weighted by atomic mass is 16.2. The van der Waals surface area contributed by atoms with Gasteiger partial charge in [-0.3, -0.25) is 19.3 Å². The molecule has 11 nitrogen and oxygen atoms in total. The van der Waals surface area contributed by atoms with Crippen LogP contribution in [0.3, 0.4) is 0 Å². The Morgan fingerprint density at radius 1 is 1.12 bits per heavy atom. The van der Waals surface area contributed by atoms with Crippen LogP contribution < -0.4 is 16.2 Å². The van der Waals surface area contributed by atoms with Crippen molar-refractivity contribution in [1.29, 1.82) is 0 Å². The molecule has 3 N–H and O–H groups in total. The molecule has 1 aliphatic heterocycles. The molecule has 1 aliphatic carbocycles. The van der Waals surface area contributed by atoms with Crippen LogP contribution in [0.2, 0.25) is 0 Å². The number of fused-ring (bicyclic) bond motifs is 1. The first-order valence-corrected chi connectivity index (χ1v) is 10.4. The number of rotatable bonds is 4. The number of amides is 4. The minimum Gasteiger partial charge on any atom is -0.323 e. The molecule has 3 heterocycles. The smallest absolute Gasteiger partial charge is 0.323 e. The number of carbonyl (C=O) groups is 3. The van der Waals surface area contributed by atoms with Gasteiger partial charge in [-0.15, -0.1) is 0 Å². The molecule has 0 atom stereocenters. The zero-order valence-corrected chi connectivity index (χ0v) is 17.1. The molecule has 11 heteroatoms. The number of imide groups is 1. The molecule has 1 saturated carbocycles. The maximum atomic E-state index is 12.9. The van der Waals surface area contributed by atoms with Crippen molar-refractivity contribution in [2.24, 2.45) is 0 Å². The van der Waals surface area contributed by atoms with Crippen LogP contribution in [0.5, 0.6) is 0 Å². The third kappa shape index (κ3) is 3.22. The van der Waals surface area contributed by atoms with Crippen LogP contribution in [-0.4, -0.2) is 54.6 Å². The van der Waals surface area contributed by atoms with Crippen LogP contribution in [0, 0.1) is 0 Å². The summed E-state index contributed by atoms with van der Waals surface area (Å²) in [5.74, 6) is -0.858. The monoisotopic (exact) mass is 435 g/mol. The van der Waals surface area contributed by atoms with E-state index in [2.05, 4.69) is 25.7 Å². The number of hydrogen-bond acceptors (Lipinski definition) is 6. The highest BCUT2D eigenvalue weighted by Crippen LogP contribution is 2.33. The second-order valence-corrected chi connectivity index (χ2v) is 8.05. The fourth-order valence-electron chi connectivity index (χ4n) is 4.44. The summed E-state index contributed by atoms with van der Waals surface area (Å²) < 4.78 is 1.45. The Kier molecular flexibility index (Phi) is 4.72. The van der Waals surface area contributed by atoms with Crippen molar-refractivity contribution < 1.29 is 14.4 Å². The minimum atomic E-state index is -0.875. The third-order valence-electron chi connectivity index (χ3n) is 6.03. The van der Waals surface area contributed by atoms with Crippen molar-refractivity contribution in [3.05, 3.63) is 47.1 Å². The minimum absolute atomic E-state index is 0.311. The number of nitrogens with one attached hydrogen (secondary N) is 3. The summed E-state index contributed by atoms with van der Waals surface area (Å²) in [5, 5.41) is 10.1. The maximum absolute atomic E-state index is 12.9. The lowest BCUT2D eigenvalue weighted by atomic mass is 9.82. The number of carbonyl (C=O) groups excluding carboxylic acids is 3. The normalized spacial score (nSPS) is 17.7. The lowest BCUT2D eigenvalue weighted by Gasteiger charge is -2.30. The first kappa shape index (κ1) is 19.9. The average molecular weight is 435 g/mol. The highest BCUT2D eigenvalue weighted by molar-refractivity contribution is 6.10. The van der Waals surface area contributed by atoms with E-state index in [9.17, 15) is 19.2 Å². The second kappa shape index (κ2) is 7.59. The quantitative estimate of drug-likeness (QED) is 0.528. The van der Waals surface area contributed by atoms with E-state index < -0.39 is 24.0 Å². The van der Waals surface area contributed by atoms with Gasteiger partial charge in [-0.2, -0.15) is 5.10 Å².